The predicted molar refractivity (Wildman–Crippen MR) is 76.1 cm³/mol. The molecule has 2 rings (SSSR count). The highest BCUT2D eigenvalue weighted by Gasteiger charge is 2.20. The number of hydrogen-bond donors (Lipinski definition) is 1. The Labute approximate surface area is 113 Å². The molecule has 0 fully saturated rings. The number of aromatic nitrogens is 4. The van der Waals surface area contributed by atoms with Gasteiger partial charge in [0.2, 0.25) is 5.95 Å². The molecule has 0 aromatic carbocycles. The Morgan fingerprint density at radius 2 is 2.16 bits per heavy atom. The van der Waals surface area contributed by atoms with Crippen LogP contribution in [0, 0.1) is 0 Å². The van der Waals surface area contributed by atoms with Gasteiger partial charge in [0, 0.05) is 26.8 Å². The van der Waals surface area contributed by atoms with Crippen LogP contribution in [0.15, 0.2) is 0 Å². The van der Waals surface area contributed by atoms with Crippen LogP contribution in [0.4, 0.5) is 5.95 Å². The molecule has 0 aliphatic heterocycles. The number of anilines is 1. The highest BCUT2D eigenvalue weighted by Crippen LogP contribution is 2.26. The van der Waals surface area contributed by atoms with E-state index in [2.05, 4.69) is 28.5 Å². The van der Waals surface area contributed by atoms with Gasteiger partial charge in [-0.1, -0.05) is 13.3 Å². The molecule has 6 nitrogen and oxygen atoms in total. The fourth-order valence-electron chi connectivity index (χ4n) is 2.48. The van der Waals surface area contributed by atoms with E-state index in [1.807, 2.05) is 11.7 Å². The number of methoxy groups -OCH3 is 1. The zero-order valence-electron chi connectivity index (χ0n) is 12.2. The summed E-state index contributed by atoms with van der Waals surface area (Å²) >= 11 is 0. The summed E-state index contributed by atoms with van der Waals surface area (Å²) in [6, 6.07) is 0.245. The van der Waals surface area contributed by atoms with Gasteiger partial charge in [-0.2, -0.15) is 5.10 Å². The van der Waals surface area contributed by atoms with Gasteiger partial charge in [0.1, 0.15) is 5.52 Å². The average molecular weight is 265 g/mol. The average Bonchev–Trinajstić information content (AvgIpc) is 2.85. The van der Waals surface area contributed by atoms with Crippen LogP contribution in [0.25, 0.3) is 11.2 Å². The summed E-state index contributed by atoms with van der Waals surface area (Å²) in [6.45, 7) is 4.98. The van der Waals surface area contributed by atoms with Crippen molar-refractivity contribution in [1.82, 2.24) is 19.3 Å². The molecule has 0 spiro atoms. The van der Waals surface area contributed by atoms with E-state index in [9.17, 15) is 0 Å². The van der Waals surface area contributed by atoms with E-state index < -0.39 is 0 Å². The lowest BCUT2D eigenvalue weighted by atomic mass is 10.2. The van der Waals surface area contributed by atoms with Crippen LogP contribution >= 0.6 is 0 Å². The molecule has 0 saturated carbocycles. The van der Waals surface area contributed by atoms with Gasteiger partial charge in [-0.05, 0) is 19.8 Å². The number of imidazole rings is 1. The molecular formula is C13H23N5O. The van der Waals surface area contributed by atoms with Crippen molar-refractivity contribution in [2.45, 2.75) is 39.2 Å². The number of rotatable bonds is 6. The van der Waals surface area contributed by atoms with Crippen molar-refractivity contribution in [3.63, 3.8) is 0 Å². The Balaban J connectivity index is 2.46. The Hall–Kier alpha value is -1.56. The lowest BCUT2D eigenvalue weighted by Crippen LogP contribution is -2.13. The molecule has 6 heteroatoms. The smallest absolute Gasteiger partial charge is 0.202 e. The minimum atomic E-state index is 0.245. The van der Waals surface area contributed by atoms with Crippen molar-refractivity contribution in [2.24, 2.45) is 7.05 Å². The van der Waals surface area contributed by atoms with E-state index in [1.165, 1.54) is 0 Å². The van der Waals surface area contributed by atoms with E-state index in [0.29, 0.717) is 12.6 Å². The Morgan fingerprint density at radius 3 is 2.79 bits per heavy atom. The summed E-state index contributed by atoms with van der Waals surface area (Å²) < 4.78 is 9.08. The van der Waals surface area contributed by atoms with Crippen LogP contribution < -0.4 is 5.73 Å². The first-order valence-electron chi connectivity index (χ1n) is 6.78. The van der Waals surface area contributed by atoms with E-state index in [1.54, 1.807) is 7.11 Å². The summed E-state index contributed by atoms with van der Waals surface area (Å²) in [6.07, 6.45) is 2.89. The number of hydrogen-bond acceptors (Lipinski definition) is 4. The Bertz CT molecular complexity index is 557. The summed E-state index contributed by atoms with van der Waals surface area (Å²) in [5, 5.41) is 4.55. The van der Waals surface area contributed by atoms with Gasteiger partial charge < -0.3 is 10.5 Å². The molecular weight excluding hydrogens is 242 g/mol. The number of ether oxygens (including phenoxy) is 1. The summed E-state index contributed by atoms with van der Waals surface area (Å²) in [4.78, 5) is 4.50. The third kappa shape index (κ3) is 2.45. The Kier molecular flexibility index (Phi) is 4.09. The van der Waals surface area contributed by atoms with Gasteiger partial charge >= 0.3 is 0 Å². The molecule has 0 aliphatic rings. The molecule has 0 radical (unpaired) electrons. The molecule has 2 N–H and O–H groups in total. The first kappa shape index (κ1) is 13.9. The van der Waals surface area contributed by atoms with Gasteiger partial charge in [-0.15, -0.1) is 0 Å². The second-order valence-electron chi connectivity index (χ2n) is 4.96. The summed E-state index contributed by atoms with van der Waals surface area (Å²) in [5.74, 6) is 0.559. The van der Waals surface area contributed by atoms with Crippen LogP contribution in [-0.2, 0) is 18.2 Å². The van der Waals surface area contributed by atoms with Crippen molar-refractivity contribution in [3.05, 3.63) is 5.69 Å². The third-order valence-electron chi connectivity index (χ3n) is 3.43. The van der Waals surface area contributed by atoms with E-state index in [4.69, 9.17) is 10.5 Å². The van der Waals surface area contributed by atoms with Crippen LogP contribution in [0.1, 0.15) is 38.4 Å². The summed E-state index contributed by atoms with van der Waals surface area (Å²) in [7, 11) is 3.66. The highest BCUT2D eigenvalue weighted by atomic mass is 16.5. The molecule has 2 aromatic rings. The topological polar surface area (TPSA) is 70.9 Å². The monoisotopic (exact) mass is 265 g/mol. The van der Waals surface area contributed by atoms with Crippen LogP contribution in [0.5, 0.6) is 0 Å². The predicted octanol–water partition coefficient (Wildman–Crippen LogP) is 1.90. The van der Waals surface area contributed by atoms with Crippen molar-refractivity contribution < 1.29 is 4.74 Å². The second-order valence-corrected chi connectivity index (χ2v) is 4.96. The summed E-state index contributed by atoms with van der Waals surface area (Å²) in [5.41, 5.74) is 9.05. The van der Waals surface area contributed by atoms with Crippen molar-refractivity contribution in [3.8, 4) is 0 Å². The lowest BCUT2D eigenvalue weighted by molar-refractivity contribution is 0.182. The first-order chi connectivity index (χ1) is 9.10. The number of nitrogen functional groups attached to an aromatic ring is 1. The number of fused-ring (bicyclic) bond motifs is 1. The SMILES string of the molecule is CCCc1nn(C)c2c1nc(N)n2C(C)CCOC. The molecule has 1 atom stereocenters. The Morgan fingerprint density at radius 1 is 1.42 bits per heavy atom. The standard InChI is InChI=1S/C13H23N5O/c1-5-6-10-11-12(17(3)16-10)18(13(14)15-11)9(2)7-8-19-4/h9H,5-8H2,1-4H3,(H2,14,15). The fourth-order valence-corrected chi connectivity index (χ4v) is 2.48. The normalized spacial score (nSPS) is 13.3. The quantitative estimate of drug-likeness (QED) is 0.866. The molecule has 1 unspecified atom stereocenters. The van der Waals surface area contributed by atoms with Gasteiger partial charge in [-0.25, -0.2) is 4.98 Å². The van der Waals surface area contributed by atoms with Crippen LogP contribution in [0.2, 0.25) is 0 Å². The maximum Gasteiger partial charge on any atom is 0.202 e. The molecule has 0 bridgehead atoms. The van der Waals surface area contributed by atoms with Crippen molar-refractivity contribution >= 4 is 17.1 Å². The first-order valence-corrected chi connectivity index (χ1v) is 6.78. The molecule has 0 aliphatic carbocycles. The molecule has 19 heavy (non-hydrogen) atoms. The molecule has 2 heterocycles. The molecule has 2 aromatic heterocycles. The largest absolute Gasteiger partial charge is 0.385 e. The second kappa shape index (κ2) is 5.61. The molecule has 0 saturated heterocycles. The van der Waals surface area contributed by atoms with E-state index in [-0.39, 0.29) is 6.04 Å². The van der Waals surface area contributed by atoms with Gasteiger partial charge in [0.25, 0.3) is 0 Å². The van der Waals surface area contributed by atoms with Gasteiger partial charge in [-0.3, -0.25) is 9.25 Å². The molecule has 106 valence electrons. The molecule has 0 amide bonds. The minimum absolute atomic E-state index is 0.245. The fraction of sp³-hybridized carbons (Fsp3) is 0.692. The zero-order valence-corrected chi connectivity index (χ0v) is 12.2. The van der Waals surface area contributed by atoms with E-state index >= 15 is 0 Å². The number of nitrogens with two attached hydrogens (primary N) is 1. The number of aryl methyl sites for hydroxylation is 2. The zero-order chi connectivity index (χ0) is 14.0. The number of nitrogens with zero attached hydrogens (tertiary/aromatic N) is 4. The maximum absolute atomic E-state index is 6.07. The van der Waals surface area contributed by atoms with Gasteiger partial charge in [0.05, 0.1) is 5.69 Å². The van der Waals surface area contributed by atoms with Crippen LogP contribution in [0.3, 0.4) is 0 Å². The van der Waals surface area contributed by atoms with Crippen molar-refractivity contribution in [1.29, 1.82) is 0 Å². The highest BCUT2D eigenvalue weighted by molar-refractivity contribution is 5.78. The lowest BCUT2D eigenvalue weighted by Gasteiger charge is -2.15. The maximum atomic E-state index is 6.07. The third-order valence-corrected chi connectivity index (χ3v) is 3.43. The van der Waals surface area contributed by atoms with Gasteiger partial charge in [0.15, 0.2) is 5.65 Å². The van der Waals surface area contributed by atoms with Crippen molar-refractivity contribution in [2.75, 3.05) is 19.5 Å². The van der Waals surface area contributed by atoms with Crippen LogP contribution in [-0.4, -0.2) is 33.0 Å². The van der Waals surface area contributed by atoms with E-state index in [0.717, 1.165) is 36.1 Å². The minimum Gasteiger partial charge on any atom is -0.385 e.